The van der Waals surface area contributed by atoms with Gasteiger partial charge in [-0.3, -0.25) is 0 Å². The zero-order valence-electron chi connectivity index (χ0n) is 35.1. The van der Waals surface area contributed by atoms with Crippen LogP contribution in [0.25, 0.3) is 0 Å². The molecule has 2 aliphatic carbocycles. The van der Waals surface area contributed by atoms with Crippen molar-refractivity contribution < 1.29 is 23.3 Å². The molecule has 0 aromatic heterocycles. The SMILES string of the molecule is CC1CCCc2ccccc21.CC1CCOc2cc(F)ccc21.CC1CCOc2ccccc21.CC1CCc2ccccc21.COc1ccc2c(c1)C(C)CCO2. The number of aryl methyl sites for hydroxylation is 2. The molecule has 0 N–H and O–H groups in total. The highest BCUT2D eigenvalue weighted by Crippen LogP contribution is 2.37. The van der Waals surface area contributed by atoms with Gasteiger partial charge in [0.05, 0.1) is 26.9 Å². The van der Waals surface area contributed by atoms with Crippen molar-refractivity contribution in [1.29, 1.82) is 0 Å². The van der Waals surface area contributed by atoms with Crippen molar-refractivity contribution in [3.05, 3.63) is 154 Å². The van der Waals surface area contributed by atoms with E-state index in [0.717, 1.165) is 67.1 Å². The normalized spacial score (nSPS) is 21.8. The number of rotatable bonds is 1. The maximum atomic E-state index is 12.7. The molecule has 4 nitrogen and oxygen atoms in total. The molecule has 0 bridgehead atoms. The molecule has 5 aliphatic rings. The van der Waals surface area contributed by atoms with Gasteiger partial charge in [-0.1, -0.05) is 107 Å². The molecule has 0 saturated carbocycles. The average molecular weight is 771 g/mol. The maximum Gasteiger partial charge on any atom is 0.126 e. The van der Waals surface area contributed by atoms with Gasteiger partial charge in [0.2, 0.25) is 0 Å². The van der Waals surface area contributed by atoms with Crippen LogP contribution < -0.4 is 18.9 Å². The molecular formula is C52H63FO4. The third-order valence-corrected chi connectivity index (χ3v) is 12.2. The summed E-state index contributed by atoms with van der Waals surface area (Å²) in [5.74, 6) is 6.84. The summed E-state index contributed by atoms with van der Waals surface area (Å²) in [7, 11) is 1.69. The van der Waals surface area contributed by atoms with Crippen molar-refractivity contribution in [3.63, 3.8) is 0 Å². The smallest absolute Gasteiger partial charge is 0.126 e. The zero-order valence-corrected chi connectivity index (χ0v) is 35.1. The molecular weight excluding hydrogens is 708 g/mol. The van der Waals surface area contributed by atoms with E-state index in [1.165, 1.54) is 55.4 Å². The summed E-state index contributed by atoms with van der Waals surface area (Å²) in [6.07, 6.45) is 9.95. The maximum absolute atomic E-state index is 12.7. The second kappa shape index (κ2) is 20.6. The Morgan fingerprint density at radius 2 is 0.947 bits per heavy atom. The molecule has 5 unspecified atom stereocenters. The first-order chi connectivity index (χ1) is 27.7. The summed E-state index contributed by atoms with van der Waals surface area (Å²) >= 11 is 0. The number of methoxy groups -OCH3 is 1. The third-order valence-electron chi connectivity index (χ3n) is 12.2. The Kier molecular flexibility index (Phi) is 15.1. The Morgan fingerprint density at radius 1 is 0.456 bits per heavy atom. The van der Waals surface area contributed by atoms with Crippen molar-refractivity contribution in [2.75, 3.05) is 26.9 Å². The minimum Gasteiger partial charge on any atom is -0.497 e. The lowest BCUT2D eigenvalue weighted by molar-refractivity contribution is 0.270. The Hall–Kier alpha value is -4.77. The fraction of sp³-hybridized carbons (Fsp3) is 0.423. The van der Waals surface area contributed by atoms with Gasteiger partial charge < -0.3 is 18.9 Å². The number of benzene rings is 5. The zero-order chi connectivity index (χ0) is 40.1. The second-order valence-corrected chi connectivity index (χ2v) is 16.4. The number of hydrogen-bond donors (Lipinski definition) is 0. The quantitative estimate of drug-likeness (QED) is 0.170. The summed E-state index contributed by atoms with van der Waals surface area (Å²) in [5.41, 5.74) is 10.1. The fourth-order valence-corrected chi connectivity index (χ4v) is 8.50. The fourth-order valence-electron chi connectivity index (χ4n) is 8.50. The third kappa shape index (κ3) is 11.2. The minimum atomic E-state index is -0.220. The molecule has 57 heavy (non-hydrogen) atoms. The number of halogens is 1. The molecule has 0 spiro atoms. The number of ether oxygens (including phenoxy) is 4. The molecule has 10 rings (SSSR count). The highest BCUT2D eigenvalue weighted by Gasteiger charge is 2.20. The summed E-state index contributed by atoms with van der Waals surface area (Å²) in [5, 5.41) is 0. The molecule has 3 aliphatic heterocycles. The highest BCUT2D eigenvalue weighted by molar-refractivity contribution is 5.43. The first-order valence-corrected chi connectivity index (χ1v) is 21.3. The van der Waals surface area contributed by atoms with Crippen LogP contribution in [0.15, 0.2) is 109 Å². The Morgan fingerprint density at radius 3 is 1.54 bits per heavy atom. The van der Waals surface area contributed by atoms with Crippen LogP contribution in [-0.4, -0.2) is 26.9 Å². The molecule has 5 aromatic carbocycles. The topological polar surface area (TPSA) is 36.9 Å². The van der Waals surface area contributed by atoms with Crippen LogP contribution in [0.2, 0.25) is 0 Å². The Labute approximate surface area is 341 Å². The van der Waals surface area contributed by atoms with Gasteiger partial charge in [-0.05, 0) is 145 Å². The number of hydrogen-bond acceptors (Lipinski definition) is 4. The van der Waals surface area contributed by atoms with Crippen LogP contribution in [0.1, 0.15) is 142 Å². The summed E-state index contributed by atoms with van der Waals surface area (Å²) in [6.45, 7) is 13.7. The first-order valence-electron chi connectivity index (χ1n) is 21.3. The van der Waals surface area contributed by atoms with Crippen LogP contribution in [0.3, 0.4) is 0 Å². The van der Waals surface area contributed by atoms with Gasteiger partial charge in [-0.25, -0.2) is 4.39 Å². The lowest BCUT2D eigenvalue weighted by atomic mass is 9.84. The lowest BCUT2D eigenvalue weighted by Gasteiger charge is -2.23. The monoisotopic (exact) mass is 770 g/mol. The molecule has 0 fully saturated rings. The van der Waals surface area contributed by atoms with Crippen molar-refractivity contribution in [3.8, 4) is 23.0 Å². The summed E-state index contributed by atoms with van der Waals surface area (Å²) in [6, 6.07) is 36.7. The summed E-state index contributed by atoms with van der Waals surface area (Å²) in [4.78, 5) is 0. The predicted octanol–water partition coefficient (Wildman–Crippen LogP) is 13.7. The minimum absolute atomic E-state index is 0.220. The van der Waals surface area contributed by atoms with Gasteiger partial charge in [0, 0.05) is 11.6 Å². The van der Waals surface area contributed by atoms with Crippen LogP contribution >= 0.6 is 0 Å². The van der Waals surface area contributed by atoms with E-state index < -0.39 is 0 Å². The van der Waals surface area contributed by atoms with Gasteiger partial charge in [0.15, 0.2) is 0 Å². The number of para-hydroxylation sites is 1. The van der Waals surface area contributed by atoms with E-state index in [-0.39, 0.29) is 5.82 Å². The van der Waals surface area contributed by atoms with Crippen molar-refractivity contribution >= 4 is 0 Å². The first kappa shape index (κ1) is 41.9. The van der Waals surface area contributed by atoms with Gasteiger partial charge in [-0.15, -0.1) is 0 Å². The molecule has 0 radical (unpaired) electrons. The lowest BCUT2D eigenvalue weighted by Crippen LogP contribution is -2.11. The van der Waals surface area contributed by atoms with Crippen LogP contribution in [0, 0.1) is 5.82 Å². The van der Waals surface area contributed by atoms with Gasteiger partial charge >= 0.3 is 0 Å². The highest BCUT2D eigenvalue weighted by atomic mass is 19.1. The van der Waals surface area contributed by atoms with E-state index in [9.17, 15) is 4.39 Å². The second-order valence-electron chi connectivity index (χ2n) is 16.4. The van der Waals surface area contributed by atoms with E-state index in [4.69, 9.17) is 18.9 Å². The van der Waals surface area contributed by atoms with Gasteiger partial charge in [0.1, 0.15) is 28.8 Å². The molecule has 3 heterocycles. The number of fused-ring (bicyclic) bond motifs is 5. The largest absolute Gasteiger partial charge is 0.497 e. The van der Waals surface area contributed by atoms with E-state index in [1.807, 2.05) is 30.3 Å². The average Bonchev–Trinajstić information content (AvgIpc) is 3.62. The van der Waals surface area contributed by atoms with Crippen LogP contribution in [0.5, 0.6) is 23.0 Å². The van der Waals surface area contributed by atoms with E-state index in [1.54, 1.807) is 29.4 Å². The molecule has 5 aromatic rings. The van der Waals surface area contributed by atoms with Crippen molar-refractivity contribution in [2.45, 2.75) is 116 Å². The van der Waals surface area contributed by atoms with Crippen LogP contribution in [-0.2, 0) is 12.8 Å². The molecule has 5 heteroatoms. The predicted molar refractivity (Wildman–Crippen MR) is 232 cm³/mol. The Bertz CT molecular complexity index is 1970. The molecule has 5 atom stereocenters. The van der Waals surface area contributed by atoms with Gasteiger partial charge in [0.25, 0.3) is 0 Å². The molecule has 0 saturated heterocycles. The molecule has 0 amide bonds. The summed E-state index contributed by atoms with van der Waals surface area (Å²) < 4.78 is 34.3. The molecule has 302 valence electrons. The van der Waals surface area contributed by atoms with E-state index >= 15 is 0 Å². The van der Waals surface area contributed by atoms with Crippen molar-refractivity contribution in [1.82, 2.24) is 0 Å². The van der Waals surface area contributed by atoms with Crippen molar-refractivity contribution in [2.24, 2.45) is 0 Å². The van der Waals surface area contributed by atoms with Crippen LogP contribution in [0.4, 0.5) is 4.39 Å². The van der Waals surface area contributed by atoms with Gasteiger partial charge in [-0.2, -0.15) is 0 Å². The Balaban J connectivity index is 0.000000121. The van der Waals surface area contributed by atoms with E-state index in [2.05, 4.69) is 101 Å². The standard InChI is InChI=1S/C11H14O2.C11H14.C10H11FO.C10H12O.C10H12/c1-8-5-6-13-11-4-3-9(12-2)7-10(8)11;1-9-5-4-7-10-6-2-3-8-11(9)10;1-7-4-5-12-10-6-8(11)2-3-9(7)10;1-8-6-7-11-10-5-3-2-4-9(8)10;1-8-6-7-9-4-2-3-5-10(8)9/h3-4,7-8H,5-6H2,1-2H3;2-3,6,8-9H,4-5,7H2,1H3;2-3,6-7H,4-5H2,1H3;2-5,8H,6-7H2,1H3;2-5,8H,6-7H2,1H3. The van der Waals surface area contributed by atoms with E-state index in [0.29, 0.717) is 30.1 Å².